The van der Waals surface area contributed by atoms with Gasteiger partial charge in [0.05, 0.1) is 0 Å². The third-order valence-corrected chi connectivity index (χ3v) is 14.2. The summed E-state index contributed by atoms with van der Waals surface area (Å²) in [6, 6.07) is 0.514. The Morgan fingerprint density at radius 3 is 2.29 bits per heavy atom. The van der Waals surface area contributed by atoms with Crippen LogP contribution in [0.3, 0.4) is 0 Å². The van der Waals surface area contributed by atoms with Gasteiger partial charge in [0.1, 0.15) is 5.76 Å². The van der Waals surface area contributed by atoms with E-state index in [9.17, 15) is 26.4 Å². The molecule has 0 unspecified atom stereocenters. The first-order valence-electron chi connectivity index (χ1n) is 17.3. The number of rotatable bonds is 5. The third-order valence-electron chi connectivity index (χ3n) is 12.9. The number of hydrogen-bond acceptors (Lipinski definition) is 5. The van der Waals surface area contributed by atoms with Gasteiger partial charge < -0.3 is 9.50 Å². The van der Waals surface area contributed by atoms with Gasteiger partial charge in [-0.2, -0.15) is 21.6 Å². The van der Waals surface area contributed by atoms with Gasteiger partial charge >= 0.3 is 15.6 Å². The molecular formula is C34H49F3N2O4S2. The Morgan fingerprint density at radius 2 is 1.62 bits per heavy atom. The molecule has 0 aromatic rings. The number of amides is 1. The molecule has 6 aliphatic rings. The number of carbonyl (C=O) groups is 1. The minimum atomic E-state index is -5.69. The van der Waals surface area contributed by atoms with Crippen molar-refractivity contribution in [1.82, 2.24) is 10.2 Å². The monoisotopic (exact) mass is 670 g/mol. The Labute approximate surface area is 272 Å². The number of halogens is 3. The van der Waals surface area contributed by atoms with E-state index in [1.165, 1.54) is 25.7 Å². The first-order valence-corrected chi connectivity index (χ1v) is 19.1. The third kappa shape index (κ3) is 6.11. The number of nitrogens with one attached hydrogen (secondary N) is 1. The molecule has 1 amide bonds. The SMILES string of the molecule is C[C@]12CC[C@H]3[C@@H](CC=C4C=C(OS(=O)(=O)C(F)(F)F)CC[C@@]43C)[C@@H]1CC[C@@H]2C(=O)N(C(=S)NC1CCCCC1)C1CCCCC1. The molecule has 6 rings (SSSR count). The van der Waals surface area contributed by atoms with Crippen LogP contribution in [0.2, 0.25) is 0 Å². The summed E-state index contributed by atoms with van der Waals surface area (Å²) in [5.41, 5.74) is -4.96. The summed E-state index contributed by atoms with van der Waals surface area (Å²) in [5, 5.41) is 4.26. The van der Waals surface area contributed by atoms with Gasteiger partial charge in [0, 0.05) is 24.4 Å². The van der Waals surface area contributed by atoms with E-state index in [4.69, 9.17) is 12.2 Å². The van der Waals surface area contributed by atoms with Gasteiger partial charge in [0.25, 0.3) is 0 Å². The van der Waals surface area contributed by atoms with Crippen LogP contribution < -0.4 is 5.32 Å². The van der Waals surface area contributed by atoms with Crippen LogP contribution in [0.1, 0.15) is 123 Å². The van der Waals surface area contributed by atoms with E-state index >= 15 is 0 Å². The van der Waals surface area contributed by atoms with Crippen LogP contribution in [-0.2, 0) is 19.1 Å². The number of nitrogens with zero attached hydrogens (tertiary/aromatic N) is 1. The lowest BCUT2D eigenvalue weighted by molar-refractivity contribution is -0.140. The van der Waals surface area contributed by atoms with Crippen molar-refractivity contribution in [3.63, 3.8) is 0 Å². The van der Waals surface area contributed by atoms with Gasteiger partial charge in [-0.25, -0.2) is 0 Å². The Kier molecular flexibility index (Phi) is 9.20. The predicted molar refractivity (Wildman–Crippen MR) is 171 cm³/mol. The molecule has 45 heavy (non-hydrogen) atoms. The van der Waals surface area contributed by atoms with E-state index in [0.29, 0.717) is 35.3 Å². The maximum atomic E-state index is 14.7. The lowest BCUT2D eigenvalue weighted by Crippen LogP contribution is -2.57. The van der Waals surface area contributed by atoms with Gasteiger partial charge in [-0.15, -0.1) is 0 Å². The minimum absolute atomic E-state index is 0.0755. The zero-order chi connectivity index (χ0) is 32.2. The van der Waals surface area contributed by atoms with Crippen LogP contribution in [0.15, 0.2) is 23.5 Å². The molecule has 6 aliphatic carbocycles. The number of carbonyl (C=O) groups excluding carboxylic acids is 1. The average Bonchev–Trinajstić information content (AvgIpc) is 3.35. The van der Waals surface area contributed by atoms with Crippen LogP contribution in [0.25, 0.3) is 0 Å². The number of fused-ring (bicyclic) bond motifs is 5. The quantitative estimate of drug-likeness (QED) is 0.180. The molecule has 6 atom stereocenters. The molecule has 6 nitrogen and oxygen atoms in total. The highest BCUT2D eigenvalue weighted by atomic mass is 32.2. The number of allylic oxidation sites excluding steroid dienone is 4. The molecule has 4 saturated carbocycles. The van der Waals surface area contributed by atoms with Crippen LogP contribution in [-0.4, -0.2) is 41.9 Å². The maximum Gasteiger partial charge on any atom is 0.534 e. The summed E-state index contributed by atoms with van der Waals surface area (Å²) in [4.78, 5) is 16.7. The Balaban J connectivity index is 1.21. The summed E-state index contributed by atoms with van der Waals surface area (Å²) in [5.74, 6) is 1.08. The zero-order valence-electron chi connectivity index (χ0n) is 26.7. The molecule has 0 aromatic heterocycles. The topological polar surface area (TPSA) is 75.7 Å². The summed E-state index contributed by atoms with van der Waals surface area (Å²) >= 11 is 6.04. The highest BCUT2D eigenvalue weighted by Gasteiger charge is 2.60. The van der Waals surface area contributed by atoms with Crippen molar-refractivity contribution in [2.45, 2.75) is 141 Å². The maximum absolute atomic E-state index is 14.7. The molecule has 11 heteroatoms. The van der Waals surface area contributed by atoms with Crippen molar-refractivity contribution in [3.05, 3.63) is 23.5 Å². The van der Waals surface area contributed by atoms with Gasteiger partial charge in [0.15, 0.2) is 5.11 Å². The minimum Gasteiger partial charge on any atom is -0.381 e. The molecule has 252 valence electrons. The molecule has 1 N–H and O–H groups in total. The van der Waals surface area contributed by atoms with Crippen molar-refractivity contribution >= 4 is 33.4 Å². The van der Waals surface area contributed by atoms with E-state index in [1.54, 1.807) is 6.08 Å². The van der Waals surface area contributed by atoms with E-state index in [-0.39, 0.29) is 40.9 Å². The number of alkyl halides is 3. The molecule has 0 spiro atoms. The largest absolute Gasteiger partial charge is 0.534 e. The van der Waals surface area contributed by atoms with Crippen LogP contribution in [0.4, 0.5) is 13.2 Å². The summed E-state index contributed by atoms with van der Waals surface area (Å²) in [6.07, 6.45) is 20.2. The number of thiocarbonyl (C=S) groups is 1. The molecule has 0 aliphatic heterocycles. The highest BCUT2D eigenvalue weighted by molar-refractivity contribution is 7.87. The Hall–Kier alpha value is -1.62. The predicted octanol–water partition coefficient (Wildman–Crippen LogP) is 8.29. The fourth-order valence-corrected chi connectivity index (χ4v) is 11.3. The van der Waals surface area contributed by atoms with Gasteiger partial charge in [-0.05, 0) is 117 Å². The van der Waals surface area contributed by atoms with Gasteiger partial charge in [-0.3, -0.25) is 9.69 Å². The lowest BCUT2D eigenvalue weighted by Gasteiger charge is -2.57. The lowest BCUT2D eigenvalue weighted by atomic mass is 9.48. The zero-order valence-corrected chi connectivity index (χ0v) is 28.3. The molecule has 0 saturated heterocycles. The normalized spacial score (nSPS) is 36.1. The van der Waals surface area contributed by atoms with E-state index in [1.807, 2.05) is 4.90 Å². The smallest absolute Gasteiger partial charge is 0.381 e. The average molecular weight is 671 g/mol. The Bertz CT molecular complexity index is 1330. The second-order valence-electron chi connectivity index (χ2n) is 15.2. The van der Waals surface area contributed by atoms with Gasteiger partial charge in [-0.1, -0.05) is 58.4 Å². The first-order chi connectivity index (χ1) is 21.2. The van der Waals surface area contributed by atoms with Crippen molar-refractivity contribution in [2.75, 3.05) is 0 Å². The molecular weight excluding hydrogens is 622 g/mol. The summed E-state index contributed by atoms with van der Waals surface area (Å²) in [7, 11) is -5.69. The summed E-state index contributed by atoms with van der Waals surface area (Å²) in [6.45, 7) is 4.51. The van der Waals surface area contributed by atoms with Crippen molar-refractivity contribution in [1.29, 1.82) is 0 Å². The fourth-order valence-electron chi connectivity index (χ4n) is 10.4. The Morgan fingerprint density at radius 1 is 0.956 bits per heavy atom. The second-order valence-corrected chi connectivity index (χ2v) is 17.2. The van der Waals surface area contributed by atoms with E-state index < -0.39 is 15.6 Å². The van der Waals surface area contributed by atoms with Gasteiger partial charge in [0.2, 0.25) is 5.91 Å². The van der Waals surface area contributed by atoms with Crippen LogP contribution >= 0.6 is 12.2 Å². The first kappa shape index (κ1) is 33.3. The molecule has 4 fully saturated rings. The van der Waals surface area contributed by atoms with Crippen molar-refractivity contribution < 1.29 is 30.6 Å². The standard InChI is InChI=1S/C34H49F3N2O4S2/c1-32-19-17-25(43-45(41,42)34(35,36)37)21-22(32)13-14-26-27-15-16-29(33(27,2)20-18-28(26)32)30(40)39(24-11-7-4-8-12-24)31(44)38-23-9-5-3-6-10-23/h13,21,23-24,26-29H,3-12,14-20H2,1-2H3,(H,38,44)/t26-,27-,28-,29+,32-,33-/m0/s1. The summed E-state index contributed by atoms with van der Waals surface area (Å²) < 4.78 is 66.8. The fraction of sp³-hybridized carbons (Fsp3) is 0.824. The molecule has 0 bridgehead atoms. The van der Waals surface area contributed by atoms with E-state index in [2.05, 4.69) is 29.4 Å². The molecule has 0 heterocycles. The molecule has 0 radical (unpaired) electrons. The van der Waals surface area contributed by atoms with Crippen LogP contribution in [0.5, 0.6) is 0 Å². The molecule has 0 aromatic carbocycles. The highest BCUT2D eigenvalue weighted by Crippen LogP contribution is 2.66. The second kappa shape index (κ2) is 12.4. The van der Waals surface area contributed by atoms with E-state index in [0.717, 1.165) is 76.2 Å². The number of hydrogen-bond donors (Lipinski definition) is 1. The van der Waals surface area contributed by atoms with Crippen LogP contribution in [0, 0.1) is 34.5 Å². The van der Waals surface area contributed by atoms with Crippen molar-refractivity contribution in [2.24, 2.45) is 34.5 Å². The van der Waals surface area contributed by atoms with Crippen molar-refractivity contribution in [3.8, 4) is 0 Å².